The molecule has 2 aromatic rings. The van der Waals surface area contributed by atoms with E-state index in [-0.39, 0.29) is 22.8 Å². The number of hydrogen-bond donors (Lipinski definition) is 1. The van der Waals surface area contributed by atoms with Gasteiger partial charge in [0.15, 0.2) is 11.5 Å². The molecule has 0 aromatic heterocycles. The highest BCUT2D eigenvalue weighted by Crippen LogP contribution is 2.35. The summed E-state index contributed by atoms with van der Waals surface area (Å²) in [6.07, 6.45) is 1.70. The van der Waals surface area contributed by atoms with E-state index in [0.29, 0.717) is 57.3 Å². The first-order valence-electron chi connectivity index (χ1n) is 10.9. The lowest BCUT2D eigenvalue weighted by atomic mass is 9.95. The number of benzene rings is 2. The summed E-state index contributed by atoms with van der Waals surface area (Å²) in [4.78, 5) is 13.1. The van der Waals surface area contributed by atoms with Gasteiger partial charge in [-0.05, 0) is 31.0 Å². The summed E-state index contributed by atoms with van der Waals surface area (Å²) >= 11 is 0. The third-order valence-corrected chi connectivity index (χ3v) is 8.15. The molecule has 1 amide bonds. The Kier molecular flexibility index (Phi) is 5.69. The molecule has 5 rings (SSSR count). The van der Waals surface area contributed by atoms with Crippen LogP contribution in [0, 0.1) is 5.92 Å². The van der Waals surface area contributed by atoms with Gasteiger partial charge < -0.3 is 19.5 Å². The molecule has 0 saturated carbocycles. The van der Waals surface area contributed by atoms with Crippen molar-refractivity contribution in [3.8, 4) is 17.2 Å². The number of carbonyl (C=O) groups excluding carboxylic acids is 1. The van der Waals surface area contributed by atoms with Gasteiger partial charge in [0.2, 0.25) is 15.9 Å². The summed E-state index contributed by atoms with van der Waals surface area (Å²) in [5.74, 6) is 1.58. The molecule has 32 heavy (non-hydrogen) atoms. The Morgan fingerprint density at radius 1 is 0.875 bits per heavy atom. The van der Waals surface area contributed by atoms with Crippen molar-refractivity contribution in [3.05, 3.63) is 48.0 Å². The average molecular weight is 459 g/mol. The minimum absolute atomic E-state index is 0.0249. The predicted octanol–water partition coefficient (Wildman–Crippen LogP) is 2.50. The van der Waals surface area contributed by atoms with Gasteiger partial charge in [-0.2, -0.15) is 4.31 Å². The number of hydrogen-bond acceptors (Lipinski definition) is 6. The van der Waals surface area contributed by atoms with Crippen LogP contribution in [0.2, 0.25) is 0 Å². The van der Waals surface area contributed by atoms with Crippen LogP contribution >= 0.6 is 0 Å². The maximum Gasteiger partial charge on any atom is 0.243 e. The molecule has 1 N–H and O–H groups in total. The molecule has 0 radical (unpaired) electrons. The summed E-state index contributed by atoms with van der Waals surface area (Å²) in [7, 11) is -3.66. The summed E-state index contributed by atoms with van der Waals surface area (Å²) in [5, 5.41) is 3.15. The minimum atomic E-state index is -3.66. The summed E-state index contributed by atoms with van der Waals surface area (Å²) < 4.78 is 44.4. The number of fused-ring (bicyclic) bond motifs is 2. The number of amides is 1. The normalized spacial score (nSPS) is 21.3. The molecule has 3 aliphatic rings. The number of para-hydroxylation sites is 1. The van der Waals surface area contributed by atoms with Gasteiger partial charge in [-0.25, -0.2) is 8.42 Å². The maximum absolute atomic E-state index is 13.1. The van der Waals surface area contributed by atoms with Crippen LogP contribution < -0.4 is 19.5 Å². The molecular weight excluding hydrogens is 432 g/mol. The lowest BCUT2D eigenvalue weighted by Gasteiger charge is -2.33. The molecule has 0 aliphatic carbocycles. The highest BCUT2D eigenvalue weighted by Gasteiger charge is 2.34. The van der Waals surface area contributed by atoms with Crippen LogP contribution in [0.5, 0.6) is 17.2 Å². The number of piperidine rings is 1. The number of rotatable bonds is 4. The first-order valence-corrected chi connectivity index (χ1v) is 12.4. The second kappa shape index (κ2) is 8.63. The van der Waals surface area contributed by atoms with Crippen molar-refractivity contribution in [1.29, 1.82) is 0 Å². The molecule has 3 heterocycles. The Hall–Kier alpha value is -2.78. The van der Waals surface area contributed by atoms with Gasteiger partial charge >= 0.3 is 0 Å². The second-order valence-electron chi connectivity index (χ2n) is 8.22. The Bertz CT molecular complexity index is 1110. The Labute approximate surface area is 187 Å². The van der Waals surface area contributed by atoms with E-state index >= 15 is 0 Å². The fourth-order valence-electron chi connectivity index (χ4n) is 4.47. The SMILES string of the molecule is O=C(NC1CCOc2ccccc21)C1CCN(S(=O)(=O)c2ccc3c(c2)OCCO3)CC1. The summed E-state index contributed by atoms with van der Waals surface area (Å²) in [6.45, 7) is 2.02. The van der Waals surface area contributed by atoms with Crippen LogP contribution in [0.25, 0.3) is 0 Å². The van der Waals surface area contributed by atoms with E-state index < -0.39 is 10.0 Å². The van der Waals surface area contributed by atoms with E-state index in [1.807, 2.05) is 24.3 Å². The first-order chi connectivity index (χ1) is 15.5. The van der Waals surface area contributed by atoms with Gasteiger partial charge in [0.25, 0.3) is 0 Å². The van der Waals surface area contributed by atoms with Crippen LogP contribution in [-0.4, -0.2) is 51.5 Å². The zero-order chi connectivity index (χ0) is 22.1. The summed E-state index contributed by atoms with van der Waals surface area (Å²) in [5.41, 5.74) is 0.991. The van der Waals surface area contributed by atoms with Crippen LogP contribution in [0.1, 0.15) is 30.9 Å². The molecule has 8 nitrogen and oxygen atoms in total. The molecule has 1 saturated heterocycles. The van der Waals surface area contributed by atoms with Gasteiger partial charge in [-0.1, -0.05) is 18.2 Å². The fraction of sp³-hybridized carbons (Fsp3) is 0.435. The molecule has 9 heteroatoms. The van der Waals surface area contributed by atoms with Crippen molar-refractivity contribution in [2.75, 3.05) is 32.9 Å². The monoisotopic (exact) mass is 458 g/mol. The van der Waals surface area contributed by atoms with Crippen molar-refractivity contribution in [2.45, 2.75) is 30.2 Å². The smallest absolute Gasteiger partial charge is 0.243 e. The molecule has 3 aliphatic heterocycles. The van der Waals surface area contributed by atoms with E-state index in [2.05, 4.69) is 5.32 Å². The molecule has 170 valence electrons. The number of nitrogens with one attached hydrogen (secondary N) is 1. The van der Waals surface area contributed by atoms with E-state index in [9.17, 15) is 13.2 Å². The number of carbonyl (C=O) groups is 1. The Morgan fingerprint density at radius 2 is 1.59 bits per heavy atom. The van der Waals surface area contributed by atoms with Crippen molar-refractivity contribution < 1.29 is 27.4 Å². The largest absolute Gasteiger partial charge is 0.493 e. The maximum atomic E-state index is 13.1. The average Bonchev–Trinajstić information content (AvgIpc) is 2.84. The van der Waals surface area contributed by atoms with E-state index in [0.717, 1.165) is 17.7 Å². The second-order valence-corrected chi connectivity index (χ2v) is 10.2. The zero-order valence-corrected chi connectivity index (χ0v) is 18.5. The highest BCUT2D eigenvalue weighted by molar-refractivity contribution is 7.89. The van der Waals surface area contributed by atoms with Gasteiger partial charge in [-0.3, -0.25) is 4.79 Å². The van der Waals surface area contributed by atoms with Crippen LogP contribution in [0.15, 0.2) is 47.4 Å². The lowest BCUT2D eigenvalue weighted by molar-refractivity contribution is -0.127. The van der Waals surface area contributed by atoms with E-state index in [1.54, 1.807) is 12.1 Å². The Balaban J connectivity index is 1.22. The topological polar surface area (TPSA) is 94.2 Å². The molecule has 1 unspecified atom stereocenters. The zero-order valence-electron chi connectivity index (χ0n) is 17.7. The van der Waals surface area contributed by atoms with Crippen molar-refractivity contribution in [3.63, 3.8) is 0 Å². The van der Waals surface area contributed by atoms with E-state index in [4.69, 9.17) is 14.2 Å². The highest BCUT2D eigenvalue weighted by atomic mass is 32.2. The van der Waals surface area contributed by atoms with Gasteiger partial charge in [0, 0.05) is 37.1 Å². The minimum Gasteiger partial charge on any atom is -0.493 e. The third kappa shape index (κ3) is 4.02. The Morgan fingerprint density at radius 3 is 2.41 bits per heavy atom. The molecular formula is C23H26N2O6S. The third-order valence-electron chi connectivity index (χ3n) is 6.25. The molecule has 2 aromatic carbocycles. The van der Waals surface area contributed by atoms with Crippen molar-refractivity contribution in [2.24, 2.45) is 5.92 Å². The van der Waals surface area contributed by atoms with Crippen molar-refractivity contribution >= 4 is 15.9 Å². The molecule has 1 fully saturated rings. The van der Waals surface area contributed by atoms with Crippen LogP contribution in [0.3, 0.4) is 0 Å². The quantitative estimate of drug-likeness (QED) is 0.757. The van der Waals surface area contributed by atoms with Gasteiger partial charge in [-0.15, -0.1) is 0 Å². The molecule has 1 atom stereocenters. The van der Waals surface area contributed by atoms with Crippen LogP contribution in [-0.2, 0) is 14.8 Å². The first kappa shape index (κ1) is 21.1. The lowest BCUT2D eigenvalue weighted by Crippen LogP contribution is -2.44. The summed E-state index contributed by atoms with van der Waals surface area (Å²) in [6, 6.07) is 12.4. The number of ether oxygens (including phenoxy) is 3. The number of sulfonamides is 1. The fourth-order valence-corrected chi connectivity index (χ4v) is 5.96. The van der Waals surface area contributed by atoms with Gasteiger partial charge in [0.05, 0.1) is 17.5 Å². The van der Waals surface area contributed by atoms with Crippen LogP contribution in [0.4, 0.5) is 0 Å². The van der Waals surface area contributed by atoms with Gasteiger partial charge in [0.1, 0.15) is 19.0 Å². The molecule has 0 bridgehead atoms. The van der Waals surface area contributed by atoms with Crippen molar-refractivity contribution in [1.82, 2.24) is 9.62 Å². The molecule has 0 spiro atoms. The standard InChI is InChI=1S/C23H26N2O6S/c26-23(24-19-9-12-29-20-4-2-1-3-18(19)20)16-7-10-25(11-8-16)32(27,28)17-5-6-21-22(15-17)31-14-13-30-21/h1-6,15-16,19H,7-14H2,(H,24,26). The van der Waals surface area contributed by atoms with E-state index in [1.165, 1.54) is 10.4 Å². The predicted molar refractivity (Wildman–Crippen MR) is 116 cm³/mol. The number of nitrogens with zero attached hydrogens (tertiary/aromatic N) is 1.